The number of alkyl halides is 2. The van der Waals surface area contributed by atoms with Crippen LogP contribution in [0.3, 0.4) is 0 Å². The lowest BCUT2D eigenvalue weighted by molar-refractivity contribution is -0.123. The van der Waals surface area contributed by atoms with Crippen LogP contribution in [0.5, 0.6) is 0 Å². The lowest BCUT2D eigenvalue weighted by Gasteiger charge is -2.29. The Morgan fingerprint density at radius 2 is 1.93 bits per heavy atom. The minimum absolute atomic E-state index is 0.0722. The first-order valence-electron chi connectivity index (χ1n) is 5.21. The van der Waals surface area contributed by atoms with Gasteiger partial charge in [0.2, 0.25) is 11.8 Å². The number of likely N-dealkylation sites (N-methyl/N-ethyl adjacent to an activating group) is 1. The molecule has 1 aliphatic rings. The maximum Gasteiger partial charge on any atom is 0.248 e. The van der Waals surface area contributed by atoms with E-state index in [1.54, 1.807) is 19.0 Å². The summed E-state index contributed by atoms with van der Waals surface area (Å²) in [6, 6.07) is -0.0722. The summed E-state index contributed by atoms with van der Waals surface area (Å²) in [6.45, 7) is 0.312. The highest BCUT2D eigenvalue weighted by Gasteiger charge is 2.35. The molecule has 15 heavy (non-hydrogen) atoms. The lowest BCUT2D eigenvalue weighted by atomic mass is 9.92. The van der Waals surface area contributed by atoms with Crippen molar-refractivity contribution in [2.24, 2.45) is 0 Å². The van der Waals surface area contributed by atoms with Crippen molar-refractivity contribution in [2.75, 3.05) is 20.6 Å². The van der Waals surface area contributed by atoms with E-state index in [1.165, 1.54) is 0 Å². The number of hydrogen-bond donors (Lipinski definition) is 1. The van der Waals surface area contributed by atoms with Crippen molar-refractivity contribution in [1.82, 2.24) is 10.2 Å². The molecule has 0 atom stereocenters. The van der Waals surface area contributed by atoms with Crippen molar-refractivity contribution in [3.63, 3.8) is 0 Å². The predicted octanol–water partition coefficient (Wildman–Crippen LogP) is 1.24. The number of rotatable bonds is 3. The van der Waals surface area contributed by atoms with Gasteiger partial charge in [-0.15, -0.1) is 0 Å². The van der Waals surface area contributed by atoms with Crippen LogP contribution in [0.1, 0.15) is 25.7 Å². The average Bonchev–Trinajstić information content (AvgIpc) is 2.07. The summed E-state index contributed by atoms with van der Waals surface area (Å²) in [4.78, 5) is 13.1. The highest BCUT2D eigenvalue weighted by atomic mass is 19.3. The lowest BCUT2D eigenvalue weighted by Crippen LogP contribution is -2.43. The van der Waals surface area contributed by atoms with Crippen LogP contribution >= 0.6 is 0 Å². The van der Waals surface area contributed by atoms with Gasteiger partial charge in [-0.3, -0.25) is 4.79 Å². The zero-order valence-corrected chi connectivity index (χ0v) is 9.22. The molecule has 0 radical (unpaired) electrons. The fourth-order valence-electron chi connectivity index (χ4n) is 1.75. The van der Waals surface area contributed by atoms with Crippen LogP contribution in [0.4, 0.5) is 8.78 Å². The molecule has 0 heterocycles. The second-order valence-corrected chi connectivity index (χ2v) is 4.44. The van der Waals surface area contributed by atoms with E-state index in [-0.39, 0.29) is 24.8 Å². The monoisotopic (exact) mass is 220 g/mol. The third-order valence-electron chi connectivity index (χ3n) is 2.54. The van der Waals surface area contributed by atoms with E-state index in [9.17, 15) is 13.6 Å². The molecule has 0 aromatic carbocycles. The molecule has 1 N–H and O–H groups in total. The Labute approximate surface area is 88.8 Å². The number of carbonyl (C=O) groups excluding carboxylic acids is 1. The Kier molecular flexibility index (Phi) is 4.02. The predicted molar refractivity (Wildman–Crippen MR) is 53.9 cm³/mol. The maximum absolute atomic E-state index is 12.8. The summed E-state index contributed by atoms with van der Waals surface area (Å²) in [6.07, 6.45) is 0.540. The number of halogens is 2. The SMILES string of the molecule is CN(C)CC(=O)NC1CCC(F)(F)CC1. The van der Waals surface area contributed by atoms with E-state index in [0.29, 0.717) is 19.4 Å². The Bertz CT molecular complexity index is 221. The highest BCUT2D eigenvalue weighted by Crippen LogP contribution is 2.32. The zero-order chi connectivity index (χ0) is 11.5. The summed E-state index contributed by atoms with van der Waals surface area (Å²) >= 11 is 0. The van der Waals surface area contributed by atoms with Gasteiger partial charge in [-0.2, -0.15) is 0 Å². The quantitative estimate of drug-likeness (QED) is 0.776. The van der Waals surface area contributed by atoms with E-state index in [2.05, 4.69) is 5.32 Å². The molecule has 1 rings (SSSR count). The number of amides is 1. The molecule has 1 saturated carbocycles. The number of nitrogens with one attached hydrogen (secondary N) is 1. The van der Waals surface area contributed by atoms with Crippen LogP contribution in [-0.2, 0) is 4.79 Å². The number of carbonyl (C=O) groups is 1. The molecule has 3 nitrogen and oxygen atoms in total. The van der Waals surface area contributed by atoms with Gasteiger partial charge in [0.15, 0.2) is 0 Å². The molecule has 0 aromatic heterocycles. The third-order valence-corrected chi connectivity index (χ3v) is 2.54. The molecule has 1 fully saturated rings. The van der Waals surface area contributed by atoms with Gasteiger partial charge in [0, 0.05) is 18.9 Å². The highest BCUT2D eigenvalue weighted by molar-refractivity contribution is 5.78. The minimum atomic E-state index is -2.53. The molecule has 0 spiro atoms. The van der Waals surface area contributed by atoms with E-state index in [0.717, 1.165) is 0 Å². The first-order chi connectivity index (χ1) is 6.89. The van der Waals surface area contributed by atoms with Gasteiger partial charge in [-0.05, 0) is 26.9 Å². The van der Waals surface area contributed by atoms with Crippen LogP contribution in [0.15, 0.2) is 0 Å². The topological polar surface area (TPSA) is 32.3 Å². The third kappa shape index (κ3) is 4.55. The molecule has 0 aromatic rings. The molecule has 0 aliphatic heterocycles. The Morgan fingerprint density at radius 1 is 1.40 bits per heavy atom. The van der Waals surface area contributed by atoms with Gasteiger partial charge in [-0.1, -0.05) is 0 Å². The summed E-state index contributed by atoms with van der Waals surface area (Å²) < 4.78 is 25.6. The van der Waals surface area contributed by atoms with E-state index in [4.69, 9.17) is 0 Å². The van der Waals surface area contributed by atoms with Gasteiger partial charge in [0.25, 0.3) is 0 Å². The fourth-order valence-corrected chi connectivity index (χ4v) is 1.75. The van der Waals surface area contributed by atoms with Crippen LogP contribution < -0.4 is 5.32 Å². The molecule has 1 amide bonds. The first kappa shape index (κ1) is 12.4. The number of hydrogen-bond acceptors (Lipinski definition) is 2. The summed E-state index contributed by atoms with van der Waals surface area (Å²) in [5.41, 5.74) is 0. The Hall–Kier alpha value is -0.710. The van der Waals surface area contributed by atoms with Gasteiger partial charge in [0.1, 0.15) is 0 Å². The van der Waals surface area contributed by atoms with Crippen LogP contribution in [-0.4, -0.2) is 43.4 Å². The average molecular weight is 220 g/mol. The summed E-state index contributed by atoms with van der Waals surface area (Å²) in [7, 11) is 3.60. The largest absolute Gasteiger partial charge is 0.352 e. The normalized spacial score (nSPS) is 21.7. The van der Waals surface area contributed by atoms with Crippen LogP contribution in [0, 0.1) is 0 Å². The van der Waals surface area contributed by atoms with E-state index >= 15 is 0 Å². The molecule has 1 aliphatic carbocycles. The van der Waals surface area contributed by atoms with Gasteiger partial charge in [-0.25, -0.2) is 8.78 Å². The van der Waals surface area contributed by atoms with E-state index < -0.39 is 5.92 Å². The summed E-state index contributed by atoms with van der Waals surface area (Å²) in [5, 5.41) is 2.77. The second-order valence-electron chi connectivity index (χ2n) is 4.44. The maximum atomic E-state index is 12.8. The second kappa shape index (κ2) is 4.88. The molecule has 0 saturated heterocycles. The molecule has 0 unspecified atom stereocenters. The van der Waals surface area contributed by atoms with Gasteiger partial charge in [0.05, 0.1) is 6.54 Å². The minimum Gasteiger partial charge on any atom is -0.352 e. The van der Waals surface area contributed by atoms with Crippen molar-refractivity contribution in [3.05, 3.63) is 0 Å². The van der Waals surface area contributed by atoms with Crippen molar-refractivity contribution in [1.29, 1.82) is 0 Å². The van der Waals surface area contributed by atoms with Crippen molar-refractivity contribution in [2.45, 2.75) is 37.6 Å². The standard InChI is InChI=1S/C10H18F2N2O/c1-14(2)7-9(15)13-8-3-5-10(11,12)6-4-8/h8H,3-7H2,1-2H3,(H,13,15). The van der Waals surface area contributed by atoms with Crippen molar-refractivity contribution >= 4 is 5.91 Å². The molecule has 0 bridgehead atoms. The van der Waals surface area contributed by atoms with Crippen molar-refractivity contribution in [3.8, 4) is 0 Å². The molecular weight excluding hydrogens is 202 g/mol. The number of nitrogens with zero attached hydrogens (tertiary/aromatic N) is 1. The van der Waals surface area contributed by atoms with Crippen LogP contribution in [0.2, 0.25) is 0 Å². The van der Waals surface area contributed by atoms with Gasteiger partial charge < -0.3 is 10.2 Å². The molecule has 88 valence electrons. The molecule has 5 heteroatoms. The first-order valence-corrected chi connectivity index (χ1v) is 5.21. The Balaban J connectivity index is 2.27. The van der Waals surface area contributed by atoms with E-state index in [1.807, 2.05) is 0 Å². The zero-order valence-electron chi connectivity index (χ0n) is 9.22. The molecular formula is C10H18F2N2O. The summed E-state index contributed by atoms with van der Waals surface area (Å²) in [5.74, 6) is -2.61. The van der Waals surface area contributed by atoms with Crippen LogP contribution in [0.25, 0.3) is 0 Å². The van der Waals surface area contributed by atoms with Crippen molar-refractivity contribution < 1.29 is 13.6 Å². The van der Waals surface area contributed by atoms with Gasteiger partial charge >= 0.3 is 0 Å². The Morgan fingerprint density at radius 3 is 2.40 bits per heavy atom. The smallest absolute Gasteiger partial charge is 0.248 e. The fraction of sp³-hybridized carbons (Fsp3) is 0.900.